The number of piperazine rings is 1. The zero-order valence-electron chi connectivity index (χ0n) is 12.7. The molecule has 1 fully saturated rings. The number of hydrogen-bond donors (Lipinski definition) is 1. The molecular formula is C16H17ClF2N2O2S. The van der Waals surface area contributed by atoms with Crippen molar-refractivity contribution in [3.05, 3.63) is 46.2 Å². The Bertz CT molecular complexity index is 693. The van der Waals surface area contributed by atoms with Crippen molar-refractivity contribution in [1.29, 1.82) is 0 Å². The fourth-order valence-electron chi connectivity index (χ4n) is 3.12. The second-order valence-corrected chi connectivity index (χ2v) is 6.53. The third-order valence-electron chi connectivity index (χ3n) is 4.08. The highest BCUT2D eigenvalue weighted by molar-refractivity contribution is 7.10. The van der Waals surface area contributed by atoms with Crippen molar-refractivity contribution >= 4 is 23.7 Å². The Hall–Kier alpha value is -1.41. The highest BCUT2D eigenvalue weighted by Crippen LogP contribution is 2.48. The Balaban J connectivity index is 0.00000169. The van der Waals surface area contributed by atoms with E-state index in [0.717, 1.165) is 36.6 Å². The Morgan fingerprint density at radius 3 is 2.62 bits per heavy atom. The molecule has 0 radical (unpaired) electrons. The van der Waals surface area contributed by atoms with E-state index in [-0.39, 0.29) is 29.9 Å². The Kier molecular flexibility index (Phi) is 4.96. The molecule has 8 heteroatoms. The van der Waals surface area contributed by atoms with E-state index in [0.29, 0.717) is 0 Å². The van der Waals surface area contributed by atoms with E-state index >= 15 is 0 Å². The molecular weight excluding hydrogens is 358 g/mol. The maximum atomic E-state index is 13.5. The number of nitrogens with one attached hydrogen (secondary N) is 1. The SMILES string of the molecule is Cl.FC1(F)Oc2cccc([C@H](c3cccs3)N3CCNCC3)c2O1. The van der Waals surface area contributed by atoms with Gasteiger partial charge in [-0.05, 0) is 17.5 Å². The van der Waals surface area contributed by atoms with Crippen molar-refractivity contribution in [3.8, 4) is 11.5 Å². The minimum Gasteiger partial charge on any atom is -0.395 e. The highest BCUT2D eigenvalue weighted by atomic mass is 35.5. The minimum atomic E-state index is -3.60. The molecule has 2 aromatic rings. The van der Waals surface area contributed by atoms with Gasteiger partial charge in [-0.2, -0.15) is 0 Å². The lowest BCUT2D eigenvalue weighted by Crippen LogP contribution is -2.45. The van der Waals surface area contributed by atoms with Crippen LogP contribution in [0.15, 0.2) is 35.7 Å². The Morgan fingerprint density at radius 2 is 1.92 bits per heavy atom. The predicted molar refractivity (Wildman–Crippen MR) is 90.5 cm³/mol. The molecule has 0 aliphatic carbocycles. The molecule has 0 amide bonds. The molecule has 0 saturated carbocycles. The van der Waals surface area contributed by atoms with Gasteiger partial charge in [-0.1, -0.05) is 18.2 Å². The maximum absolute atomic E-state index is 13.5. The van der Waals surface area contributed by atoms with Gasteiger partial charge in [-0.15, -0.1) is 32.5 Å². The fourth-order valence-corrected chi connectivity index (χ4v) is 4.00. The summed E-state index contributed by atoms with van der Waals surface area (Å²) in [5, 5.41) is 5.32. The average molecular weight is 375 g/mol. The summed E-state index contributed by atoms with van der Waals surface area (Å²) < 4.78 is 36.4. The van der Waals surface area contributed by atoms with E-state index in [1.54, 1.807) is 17.4 Å². The number of benzene rings is 1. The van der Waals surface area contributed by atoms with Crippen LogP contribution in [-0.2, 0) is 0 Å². The van der Waals surface area contributed by atoms with Crippen molar-refractivity contribution in [3.63, 3.8) is 0 Å². The maximum Gasteiger partial charge on any atom is 0.586 e. The monoisotopic (exact) mass is 374 g/mol. The van der Waals surface area contributed by atoms with Crippen molar-refractivity contribution in [1.82, 2.24) is 10.2 Å². The Morgan fingerprint density at radius 1 is 1.12 bits per heavy atom. The molecule has 0 bridgehead atoms. The molecule has 0 spiro atoms. The number of ether oxygens (including phenoxy) is 2. The number of thiophene rings is 1. The first-order valence-electron chi connectivity index (χ1n) is 7.51. The average Bonchev–Trinajstić information content (AvgIpc) is 3.15. The summed E-state index contributed by atoms with van der Waals surface area (Å²) in [5.74, 6) is 0.249. The molecule has 0 unspecified atom stereocenters. The summed E-state index contributed by atoms with van der Waals surface area (Å²) >= 11 is 1.62. The number of halogens is 3. The summed E-state index contributed by atoms with van der Waals surface area (Å²) in [5.41, 5.74) is 0.726. The van der Waals surface area contributed by atoms with Crippen LogP contribution in [0.1, 0.15) is 16.5 Å². The third-order valence-corrected chi connectivity index (χ3v) is 5.01. The molecule has 4 rings (SSSR count). The first kappa shape index (κ1) is 17.4. The zero-order chi connectivity index (χ0) is 15.9. The lowest BCUT2D eigenvalue weighted by Gasteiger charge is -2.35. The van der Waals surface area contributed by atoms with E-state index in [2.05, 4.69) is 15.0 Å². The van der Waals surface area contributed by atoms with Gasteiger partial charge < -0.3 is 14.8 Å². The van der Waals surface area contributed by atoms with Crippen molar-refractivity contribution in [2.75, 3.05) is 26.2 Å². The van der Waals surface area contributed by atoms with Crippen molar-refractivity contribution in [2.45, 2.75) is 12.3 Å². The number of para-hydroxylation sites is 1. The minimum absolute atomic E-state index is 0. The van der Waals surface area contributed by atoms with Crippen molar-refractivity contribution < 1.29 is 18.3 Å². The summed E-state index contributed by atoms with van der Waals surface area (Å²) in [7, 11) is 0. The third kappa shape index (κ3) is 3.21. The molecule has 1 aromatic heterocycles. The second kappa shape index (κ2) is 6.84. The van der Waals surface area contributed by atoms with E-state index in [9.17, 15) is 8.78 Å². The standard InChI is InChI=1S/C16H16F2N2O2S.ClH/c17-16(18)21-12-4-1-3-11(15(12)22-16)14(13-5-2-10-23-13)20-8-6-19-7-9-20;/h1-5,10,14,19H,6-9H2;1H/t14-;/m1./s1. The number of fused-ring (bicyclic) bond motifs is 1. The number of hydrogen-bond acceptors (Lipinski definition) is 5. The summed E-state index contributed by atoms with van der Waals surface area (Å²) in [4.78, 5) is 3.40. The van der Waals surface area contributed by atoms with Gasteiger partial charge in [0, 0.05) is 36.6 Å². The molecule has 3 heterocycles. The number of alkyl halides is 2. The summed E-state index contributed by atoms with van der Waals surface area (Å²) in [6.07, 6.45) is -3.60. The lowest BCUT2D eigenvalue weighted by molar-refractivity contribution is -0.287. The molecule has 1 atom stereocenters. The van der Waals surface area contributed by atoms with Gasteiger partial charge in [0.2, 0.25) is 0 Å². The van der Waals surface area contributed by atoms with Gasteiger partial charge in [-0.3, -0.25) is 4.90 Å². The van der Waals surface area contributed by atoms with E-state index in [1.165, 1.54) is 6.07 Å². The van der Waals surface area contributed by atoms with E-state index in [1.807, 2.05) is 23.6 Å². The van der Waals surface area contributed by atoms with Gasteiger partial charge in [0.15, 0.2) is 11.5 Å². The van der Waals surface area contributed by atoms with Crippen LogP contribution in [0.4, 0.5) is 8.78 Å². The Labute approximate surface area is 148 Å². The van der Waals surface area contributed by atoms with Gasteiger partial charge in [0.1, 0.15) is 0 Å². The van der Waals surface area contributed by atoms with Gasteiger partial charge in [-0.25, -0.2) is 0 Å². The molecule has 1 saturated heterocycles. The van der Waals surface area contributed by atoms with Crippen LogP contribution in [0.2, 0.25) is 0 Å². The molecule has 2 aliphatic heterocycles. The molecule has 2 aliphatic rings. The topological polar surface area (TPSA) is 33.7 Å². The van der Waals surface area contributed by atoms with Crippen LogP contribution in [0, 0.1) is 0 Å². The van der Waals surface area contributed by atoms with Crippen LogP contribution in [0.5, 0.6) is 11.5 Å². The van der Waals surface area contributed by atoms with Gasteiger partial charge in [0.25, 0.3) is 0 Å². The van der Waals surface area contributed by atoms with Gasteiger partial charge >= 0.3 is 6.29 Å². The molecule has 4 nitrogen and oxygen atoms in total. The normalized spacial score (nSPS) is 20.4. The quantitative estimate of drug-likeness (QED) is 0.891. The second-order valence-electron chi connectivity index (χ2n) is 5.55. The van der Waals surface area contributed by atoms with E-state index < -0.39 is 6.29 Å². The molecule has 1 N–H and O–H groups in total. The molecule has 24 heavy (non-hydrogen) atoms. The van der Waals surface area contributed by atoms with E-state index in [4.69, 9.17) is 4.74 Å². The lowest BCUT2D eigenvalue weighted by atomic mass is 10.0. The van der Waals surface area contributed by atoms with Crippen LogP contribution >= 0.6 is 23.7 Å². The fraction of sp³-hybridized carbons (Fsp3) is 0.375. The summed E-state index contributed by atoms with van der Waals surface area (Å²) in [6.45, 7) is 3.46. The first-order chi connectivity index (χ1) is 11.1. The highest BCUT2D eigenvalue weighted by Gasteiger charge is 2.45. The predicted octanol–water partition coefficient (Wildman–Crippen LogP) is 3.49. The van der Waals surface area contributed by atoms with Crippen molar-refractivity contribution in [2.24, 2.45) is 0 Å². The van der Waals surface area contributed by atoms with Crippen LogP contribution in [0.3, 0.4) is 0 Å². The van der Waals surface area contributed by atoms with Gasteiger partial charge in [0.05, 0.1) is 6.04 Å². The summed E-state index contributed by atoms with van der Waals surface area (Å²) in [6, 6.07) is 9.00. The number of nitrogens with zero attached hydrogens (tertiary/aromatic N) is 1. The zero-order valence-corrected chi connectivity index (χ0v) is 14.3. The number of rotatable bonds is 3. The molecule has 1 aromatic carbocycles. The van der Waals surface area contributed by atoms with Crippen LogP contribution < -0.4 is 14.8 Å². The molecule has 130 valence electrons. The largest absolute Gasteiger partial charge is 0.586 e. The first-order valence-corrected chi connectivity index (χ1v) is 8.39. The smallest absolute Gasteiger partial charge is 0.395 e. The van der Waals surface area contributed by atoms with Crippen LogP contribution in [0.25, 0.3) is 0 Å². The van der Waals surface area contributed by atoms with Crippen LogP contribution in [-0.4, -0.2) is 37.4 Å².